The van der Waals surface area contributed by atoms with Crippen molar-refractivity contribution >= 4 is 11.8 Å². The number of carbonyl (C=O) groups excluding carboxylic acids is 2. The first-order valence-electron chi connectivity index (χ1n) is 5.56. The molecule has 0 aliphatic carbocycles. The largest absolute Gasteiger partial charge is 0.469 e. The Balaban J connectivity index is 5.76. The second kappa shape index (κ2) is 6.35. The van der Waals surface area contributed by atoms with E-state index in [1.807, 2.05) is 0 Å². The third kappa shape index (κ3) is 3.41. The molecular formula is C10H7F11O3. The first-order chi connectivity index (χ1) is 10.4. The lowest BCUT2D eigenvalue weighted by Crippen LogP contribution is -2.68. The van der Waals surface area contributed by atoms with Gasteiger partial charge in [0.1, 0.15) is 0 Å². The van der Waals surface area contributed by atoms with Gasteiger partial charge in [0.2, 0.25) is 5.78 Å². The van der Waals surface area contributed by atoms with Crippen molar-refractivity contribution in [1.82, 2.24) is 0 Å². The average molecular weight is 384 g/mol. The number of ether oxygens (including phenoxy) is 1. The van der Waals surface area contributed by atoms with Gasteiger partial charge in [-0.3, -0.25) is 9.59 Å². The third-order valence-corrected chi connectivity index (χ3v) is 2.67. The molecule has 0 bridgehead atoms. The summed E-state index contributed by atoms with van der Waals surface area (Å²) >= 11 is 0. The Bertz CT molecular complexity index is 495. The van der Waals surface area contributed by atoms with Gasteiger partial charge in [-0.05, 0) is 0 Å². The molecule has 24 heavy (non-hydrogen) atoms. The standard InChI is InChI=1S/C10H7F11O3/c1-24-5(23)3-2-4(22)6(11,12)7(13,14)8(15,16)9(17,18)10(19,20)21/h2-3H2,1H3. The highest BCUT2D eigenvalue weighted by Crippen LogP contribution is 2.57. The van der Waals surface area contributed by atoms with Gasteiger partial charge in [-0.25, -0.2) is 0 Å². The Kier molecular flexibility index (Phi) is 5.92. The molecule has 14 heteroatoms. The summed E-state index contributed by atoms with van der Waals surface area (Å²) in [6.07, 6.45) is -10.5. The maximum atomic E-state index is 13.1. The maximum absolute atomic E-state index is 13.1. The van der Waals surface area contributed by atoms with Crippen molar-refractivity contribution in [3.63, 3.8) is 0 Å². The topological polar surface area (TPSA) is 43.4 Å². The van der Waals surface area contributed by atoms with E-state index in [0.29, 0.717) is 7.11 Å². The van der Waals surface area contributed by atoms with Crippen LogP contribution in [0.5, 0.6) is 0 Å². The number of carbonyl (C=O) groups is 2. The predicted molar refractivity (Wildman–Crippen MR) is 52.1 cm³/mol. The number of halogens is 11. The first kappa shape index (κ1) is 22.4. The fourth-order valence-electron chi connectivity index (χ4n) is 1.22. The molecule has 0 heterocycles. The molecule has 0 saturated carbocycles. The predicted octanol–water partition coefficient (Wildman–Crippen LogP) is 3.61. The van der Waals surface area contributed by atoms with Crippen LogP contribution in [0.1, 0.15) is 12.8 Å². The number of esters is 1. The molecular weight excluding hydrogens is 377 g/mol. The average Bonchev–Trinajstić information content (AvgIpc) is 2.42. The Hall–Kier alpha value is -1.63. The molecule has 3 nitrogen and oxygen atoms in total. The maximum Gasteiger partial charge on any atom is 0.460 e. The van der Waals surface area contributed by atoms with E-state index in [1.54, 1.807) is 0 Å². The number of hydrogen-bond acceptors (Lipinski definition) is 3. The zero-order valence-corrected chi connectivity index (χ0v) is 11.3. The van der Waals surface area contributed by atoms with Crippen LogP contribution in [0.4, 0.5) is 48.3 Å². The molecule has 0 rings (SSSR count). The molecule has 0 aliphatic rings. The van der Waals surface area contributed by atoms with Crippen LogP contribution >= 0.6 is 0 Å². The quantitative estimate of drug-likeness (QED) is 0.498. The zero-order chi connectivity index (χ0) is 19.8. The van der Waals surface area contributed by atoms with Crippen molar-refractivity contribution < 1.29 is 62.6 Å². The molecule has 142 valence electrons. The molecule has 0 spiro atoms. The highest BCUT2D eigenvalue weighted by Gasteiger charge is 2.88. The van der Waals surface area contributed by atoms with Gasteiger partial charge in [-0.2, -0.15) is 48.3 Å². The molecule has 0 amide bonds. The summed E-state index contributed by atoms with van der Waals surface area (Å²) in [6.45, 7) is 0. The van der Waals surface area contributed by atoms with Gasteiger partial charge in [-0.15, -0.1) is 0 Å². The first-order valence-corrected chi connectivity index (χ1v) is 5.56. The lowest BCUT2D eigenvalue weighted by molar-refractivity contribution is -0.416. The van der Waals surface area contributed by atoms with Gasteiger partial charge in [0.15, 0.2) is 0 Å². The lowest BCUT2D eigenvalue weighted by Gasteiger charge is -2.36. The molecule has 0 aromatic heterocycles. The molecule has 0 aromatic rings. The molecule has 0 fully saturated rings. The van der Waals surface area contributed by atoms with E-state index in [-0.39, 0.29) is 0 Å². The SMILES string of the molecule is COC(=O)CCC(=O)C(F)(F)C(F)(F)C(F)(F)C(F)(F)C(F)(F)F. The van der Waals surface area contributed by atoms with Gasteiger partial charge in [0.25, 0.3) is 0 Å². The van der Waals surface area contributed by atoms with E-state index < -0.39 is 54.5 Å². The lowest BCUT2D eigenvalue weighted by atomic mass is 9.94. The Morgan fingerprint density at radius 2 is 1.12 bits per heavy atom. The van der Waals surface area contributed by atoms with Crippen molar-refractivity contribution in [3.8, 4) is 0 Å². The summed E-state index contributed by atoms with van der Waals surface area (Å²) in [6, 6.07) is 0. The Morgan fingerprint density at radius 3 is 1.46 bits per heavy atom. The number of rotatable bonds is 7. The minimum Gasteiger partial charge on any atom is -0.469 e. The van der Waals surface area contributed by atoms with E-state index in [9.17, 15) is 57.9 Å². The second-order valence-electron chi connectivity index (χ2n) is 4.29. The van der Waals surface area contributed by atoms with Crippen molar-refractivity contribution in [2.24, 2.45) is 0 Å². The van der Waals surface area contributed by atoms with Gasteiger partial charge >= 0.3 is 35.8 Å². The van der Waals surface area contributed by atoms with E-state index in [4.69, 9.17) is 0 Å². The zero-order valence-electron chi connectivity index (χ0n) is 11.3. The molecule has 0 radical (unpaired) electrons. The van der Waals surface area contributed by atoms with Gasteiger partial charge < -0.3 is 4.74 Å². The third-order valence-electron chi connectivity index (χ3n) is 2.67. The number of methoxy groups -OCH3 is 1. The molecule has 0 atom stereocenters. The molecule has 0 aromatic carbocycles. The normalized spacial score (nSPS) is 14.5. The smallest absolute Gasteiger partial charge is 0.460 e. The van der Waals surface area contributed by atoms with Crippen molar-refractivity contribution in [2.75, 3.05) is 7.11 Å². The molecule has 0 unspecified atom stereocenters. The number of hydrogen-bond donors (Lipinski definition) is 0. The minimum absolute atomic E-state index is 0.678. The minimum atomic E-state index is -7.65. The van der Waals surface area contributed by atoms with Gasteiger partial charge in [0, 0.05) is 6.42 Å². The number of ketones is 1. The van der Waals surface area contributed by atoms with Gasteiger partial charge in [-0.1, -0.05) is 0 Å². The summed E-state index contributed by atoms with van der Waals surface area (Å²) in [4.78, 5) is 21.4. The summed E-state index contributed by atoms with van der Waals surface area (Å²) < 4.78 is 142. The van der Waals surface area contributed by atoms with Crippen LogP contribution in [0, 0.1) is 0 Å². The van der Waals surface area contributed by atoms with Crippen LogP contribution in [-0.4, -0.2) is 48.7 Å². The summed E-state index contributed by atoms with van der Waals surface area (Å²) in [5.41, 5.74) is 0. The van der Waals surface area contributed by atoms with Crippen molar-refractivity contribution in [2.45, 2.75) is 42.7 Å². The molecule has 0 saturated heterocycles. The van der Waals surface area contributed by atoms with Crippen LogP contribution in [0.25, 0.3) is 0 Å². The van der Waals surface area contributed by atoms with Gasteiger partial charge in [0.05, 0.1) is 13.5 Å². The highest BCUT2D eigenvalue weighted by atomic mass is 19.4. The van der Waals surface area contributed by atoms with Crippen LogP contribution < -0.4 is 0 Å². The van der Waals surface area contributed by atoms with E-state index >= 15 is 0 Å². The van der Waals surface area contributed by atoms with E-state index in [1.165, 1.54) is 0 Å². The van der Waals surface area contributed by atoms with Crippen molar-refractivity contribution in [1.29, 1.82) is 0 Å². The number of Topliss-reactive ketones (excluding diaryl/α,β-unsaturated/α-hetero) is 1. The van der Waals surface area contributed by atoms with Crippen LogP contribution in [0.15, 0.2) is 0 Å². The van der Waals surface area contributed by atoms with Crippen LogP contribution in [0.3, 0.4) is 0 Å². The highest BCUT2D eigenvalue weighted by molar-refractivity contribution is 5.89. The van der Waals surface area contributed by atoms with Crippen LogP contribution in [0.2, 0.25) is 0 Å². The number of alkyl halides is 11. The van der Waals surface area contributed by atoms with E-state index in [2.05, 4.69) is 4.74 Å². The van der Waals surface area contributed by atoms with E-state index in [0.717, 1.165) is 0 Å². The summed E-state index contributed by atoms with van der Waals surface area (Å²) in [5, 5.41) is 0. The summed E-state index contributed by atoms with van der Waals surface area (Å²) in [7, 11) is 0.678. The second-order valence-corrected chi connectivity index (χ2v) is 4.29. The monoisotopic (exact) mass is 384 g/mol. The molecule has 0 N–H and O–H groups in total. The van der Waals surface area contributed by atoms with Crippen LogP contribution in [-0.2, 0) is 14.3 Å². The summed E-state index contributed by atoms with van der Waals surface area (Å²) in [5.74, 6) is -33.8. The molecule has 0 aliphatic heterocycles. The van der Waals surface area contributed by atoms with Crippen molar-refractivity contribution in [3.05, 3.63) is 0 Å². The fraction of sp³-hybridized carbons (Fsp3) is 0.800. The Labute approximate surface area is 125 Å². The Morgan fingerprint density at radius 1 is 0.708 bits per heavy atom. The fourth-order valence-corrected chi connectivity index (χ4v) is 1.22.